The smallest absolute Gasteiger partial charge is 0.134 e. The quantitative estimate of drug-likeness (QED) is 0.798. The van der Waals surface area contributed by atoms with E-state index in [0.29, 0.717) is 10.6 Å². The molecule has 0 spiro atoms. The molecule has 1 aromatic heterocycles. The zero-order valence-electron chi connectivity index (χ0n) is 10.9. The number of aryl methyl sites for hydroxylation is 1. The first-order chi connectivity index (χ1) is 8.72. The van der Waals surface area contributed by atoms with Gasteiger partial charge in [0, 0.05) is 19.0 Å². The van der Waals surface area contributed by atoms with Crippen LogP contribution in [0, 0.1) is 11.3 Å². The van der Waals surface area contributed by atoms with E-state index in [1.54, 1.807) is 0 Å². The molecule has 1 aromatic rings. The number of nitrogens with one attached hydrogen (secondary N) is 1. The highest BCUT2D eigenvalue weighted by atomic mass is 35.5. The first kappa shape index (κ1) is 12.2. The zero-order valence-corrected chi connectivity index (χ0v) is 11.6. The summed E-state index contributed by atoms with van der Waals surface area (Å²) in [5.74, 6) is 2.71. The largest absolute Gasteiger partial charge is 0.369 e. The van der Waals surface area contributed by atoms with E-state index in [4.69, 9.17) is 11.6 Å². The van der Waals surface area contributed by atoms with Gasteiger partial charge < -0.3 is 5.32 Å². The maximum absolute atomic E-state index is 6.04. The third-order valence-electron chi connectivity index (χ3n) is 4.17. The van der Waals surface area contributed by atoms with Crippen molar-refractivity contribution < 1.29 is 0 Å². The van der Waals surface area contributed by atoms with Crippen LogP contribution in [-0.4, -0.2) is 16.5 Å². The van der Waals surface area contributed by atoms with Crippen molar-refractivity contribution in [2.75, 3.05) is 11.9 Å². The number of aromatic nitrogens is 2. The minimum Gasteiger partial charge on any atom is -0.369 e. The number of anilines is 1. The van der Waals surface area contributed by atoms with Crippen molar-refractivity contribution in [2.24, 2.45) is 11.3 Å². The summed E-state index contributed by atoms with van der Waals surface area (Å²) in [6.07, 6.45) is 7.55. The lowest BCUT2D eigenvalue weighted by molar-refractivity contribution is 0.466. The van der Waals surface area contributed by atoms with E-state index in [1.165, 1.54) is 25.7 Å². The number of halogens is 1. The van der Waals surface area contributed by atoms with E-state index < -0.39 is 0 Å². The van der Waals surface area contributed by atoms with Gasteiger partial charge in [-0.2, -0.15) is 0 Å². The van der Waals surface area contributed by atoms with Gasteiger partial charge in [-0.15, -0.1) is 0 Å². The molecular weight excluding hydrogens is 246 g/mol. The summed E-state index contributed by atoms with van der Waals surface area (Å²) >= 11 is 6.04. The summed E-state index contributed by atoms with van der Waals surface area (Å²) in [7, 11) is 0. The highest BCUT2D eigenvalue weighted by Gasteiger charge is 2.53. The summed E-state index contributed by atoms with van der Waals surface area (Å²) in [5, 5.41) is 4.02. The summed E-state index contributed by atoms with van der Waals surface area (Å²) in [5.41, 5.74) is 0.586. The van der Waals surface area contributed by atoms with Crippen molar-refractivity contribution in [3.63, 3.8) is 0 Å². The molecule has 0 aliphatic heterocycles. The number of nitrogens with zero attached hydrogens (tertiary/aromatic N) is 2. The van der Waals surface area contributed by atoms with Gasteiger partial charge in [-0.05, 0) is 43.4 Å². The Labute approximate surface area is 113 Å². The zero-order chi connectivity index (χ0) is 12.6. The summed E-state index contributed by atoms with van der Waals surface area (Å²) in [6, 6.07) is 1.84. The van der Waals surface area contributed by atoms with Crippen molar-refractivity contribution in [1.82, 2.24) is 9.97 Å². The van der Waals surface area contributed by atoms with Gasteiger partial charge in [0.1, 0.15) is 16.8 Å². The van der Waals surface area contributed by atoms with Gasteiger partial charge >= 0.3 is 0 Å². The molecule has 0 bridgehead atoms. The molecule has 2 aliphatic rings. The third-order valence-corrected chi connectivity index (χ3v) is 4.37. The molecular formula is C14H20ClN3. The Kier molecular flexibility index (Phi) is 3.18. The SMILES string of the molecule is CCCc1nc(Cl)cc(NCC2(C3CC3)CC2)n1. The van der Waals surface area contributed by atoms with E-state index >= 15 is 0 Å². The second kappa shape index (κ2) is 4.69. The Morgan fingerprint density at radius 1 is 1.39 bits per heavy atom. The minimum atomic E-state index is 0.548. The molecule has 0 unspecified atom stereocenters. The summed E-state index contributed by atoms with van der Waals surface area (Å²) < 4.78 is 0. The second-order valence-corrected chi connectivity index (χ2v) is 6.12. The predicted octanol–water partition coefficient (Wildman–Crippen LogP) is 3.68. The van der Waals surface area contributed by atoms with E-state index in [2.05, 4.69) is 22.2 Å². The monoisotopic (exact) mass is 265 g/mol. The average Bonchev–Trinajstić information content (AvgIpc) is 3.19. The second-order valence-electron chi connectivity index (χ2n) is 5.73. The molecule has 1 heterocycles. The Morgan fingerprint density at radius 2 is 2.17 bits per heavy atom. The van der Waals surface area contributed by atoms with Gasteiger partial charge in [0.25, 0.3) is 0 Å². The molecule has 3 rings (SSSR count). The van der Waals surface area contributed by atoms with Gasteiger partial charge in [-0.3, -0.25) is 0 Å². The molecule has 2 saturated carbocycles. The lowest BCUT2D eigenvalue weighted by Crippen LogP contribution is -2.18. The van der Waals surface area contributed by atoms with Crippen molar-refractivity contribution in [3.05, 3.63) is 17.0 Å². The molecule has 98 valence electrons. The van der Waals surface area contributed by atoms with E-state index in [9.17, 15) is 0 Å². The number of hydrogen-bond donors (Lipinski definition) is 1. The first-order valence-electron chi connectivity index (χ1n) is 6.99. The van der Waals surface area contributed by atoms with E-state index in [0.717, 1.165) is 36.9 Å². The van der Waals surface area contributed by atoms with Crippen LogP contribution in [0.2, 0.25) is 5.15 Å². The predicted molar refractivity (Wildman–Crippen MR) is 73.9 cm³/mol. The van der Waals surface area contributed by atoms with Gasteiger partial charge in [0.15, 0.2) is 0 Å². The fourth-order valence-corrected chi connectivity index (χ4v) is 2.94. The molecule has 2 fully saturated rings. The Balaban J connectivity index is 1.64. The van der Waals surface area contributed by atoms with Crippen LogP contribution >= 0.6 is 11.6 Å². The molecule has 0 saturated heterocycles. The topological polar surface area (TPSA) is 37.8 Å². The molecule has 0 atom stereocenters. The molecule has 0 aromatic carbocycles. The molecule has 18 heavy (non-hydrogen) atoms. The number of hydrogen-bond acceptors (Lipinski definition) is 3. The molecule has 0 radical (unpaired) electrons. The standard InChI is InChI=1S/C14H20ClN3/c1-2-3-12-17-11(15)8-13(18-12)16-9-14(6-7-14)10-4-5-10/h8,10H,2-7,9H2,1H3,(H,16,17,18). The van der Waals surface area contributed by atoms with Crippen LogP contribution in [0.1, 0.15) is 44.9 Å². The van der Waals surface area contributed by atoms with Crippen molar-refractivity contribution >= 4 is 17.4 Å². The maximum atomic E-state index is 6.04. The normalized spacial score (nSPS) is 20.8. The lowest BCUT2D eigenvalue weighted by atomic mass is 10.0. The lowest BCUT2D eigenvalue weighted by Gasteiger charge is -2.15. The van der Waals surface area contributed by atoms with Crippen LogP contribution in [0.15, 0.2) is 6.07 Å². The van der Waals surface area contributed by atoms with Crippen molar-refractivity contribution in [1.29, 1.82) is 0 Å². The Hall–Kier alpha value is -0.830. The van der Waals surface area contributed by atoms with Crippen LogP contribution < -0.4 is 5.32 Å². The van der Waals surface area contributed by atoms with Crippen molar-refractivity contribution in [3.8, 4) is 0 Å². The van der Waals surface area contributed by atoms with Crippen LogP contribution in [0.3, 0.4) is 0 Å². The van der Waals surface area contributed by atoms with Gasteiger partial charge in [-0.25, -0.2) is 9.97 Å². The van der Waals surface area contributed by atoms with E-state index in [-0.39, 0.29) is 0 Å². The highest BCUT2D eigenvalue weighted by molar-refractivity contribution is 6.29. The first-order valence-corrected chi connectivity index (χ1v) is 7.37. The van der Waals surface area contributed by atoms with Crippen LogP contribution in [-0.2, 0) is 6.42 Å². The van der Waals surface area contributed by atoms with Crippen LogP contribution in [0.25, 0.3) is 0 Å². The molecule has 4 heteroatoms. The fourth-order valence-electron chi connectivity index (χ4n) is 2.74. The summed E-state index contributed by atoms with van der Waals surface area (Å²) in [6.45, 7) is 3.18. The fraction of sp³-hybridized carbons (Fsp3) is 0.714. The van der Waals surface area contributed by atoms with Gasteiger partial charge in [0.05, 0.1) is 0 Å². The highest BCUT2D eigenvalue weighted by Crippen LogP contribution is 2.61. The van der Waals surface area contributed by atoms with E-state index in [1.807, 2.05) is 6.07 Å². The van der Waals surface area contributed by atoms with Crippen LogP contribution in [0.4, 0.5) is 5.82 Å². The third kappa shape index (κ3) is 2.61. The average molecular weight is 266 g/mol. The molecule has 2 aliphatic carbocycles. The Morgan fingerprint density at radius 3 is 2.78 bits per heavy atom. The van der Waals surface area contributed by atoms with Gasteiger partial charge in [-0.1, -0.05) is 18.5 Å². The maximum Gasteiger partial charge on any atom is 0.134 e. The van der Waals surface area contributed by atoms with Crippen molar-refractivity contribution in [2.45, 2.75) is 45.4 Å². The van der Waals surface area contributed by atoms with Crippen LogP contribution in [0.5, 0.6) is 0 Å². The Bertz CT molecular complexity index is 439. The number of rotatable bonds is 6. The molecule has 3 nitrogen and oxygen atoms in total. The molecule has 0 amide bonds. The molecule has 1 N–H and O–H groups in total. The van der Waals surface area contributed by atoms with Gasteiger partial charge in [0.2, 0.25) is 0 Å². The minimum absolute atomic E-state index is 0.548. The summed E-state index contributed by atoms with van der Waals surface area (Å²) in [4.78, 5) is 8.77.